The predicted octanol–water partition coefficient (Wildman–Crippen LogP) is 7.36. The van der Waals surface area contributed by atoms with Gasteiger partial charge < -0.3 is 15.3 Å². The smallest absolute Gasteiger partial charge is 0.417 e. The molecule has 2 N–H and O–H groups in total. The summed E-state index contributed by atoms with van der Waals surface area (Å²) in [6.45, 7) is 3.29. The third-order valence-corrected chi connectivity index (χ3v) is 6.96. The number of hydrogen-bond acceptors (Lipinski definition) is 5. The minimum atomic E-state index is -4.88. The van der Waals surface area contributed by atoms with Gasteiger partial charge in [-0.1, -0.05) is 0 Å². The van der Waals surface area contributed by atoms with Crippen LogP contribution in [0.1, 0.15) is 36.1 Å². The van der Waals surface area contributed by atoms with E-state index in [1.54, 1.807) is 18.7 Å². The molecule has 1 saturated heterocycles. The number of aliphatic imine (C=N–C) groups is 1. The number of phenols is 1. The topological polar surface area (TPSA) is 98.7 Å². The van der Waals surface area contributed by atoms with Gasteiger partial charge in [0.2, 0.25) is 0 Å². The molecule has 0 aromatic heterocycles. The van der Waals surface area contributed by atoms with Gasteiger partial charge in [0, 0.05) is 11.4 Å². The van der Waals surface area contributed by atoms with E-state index >= 15 is 0 Å². The Morgan fingerprint density at radius 3 is 1.91 bits per heavy atom. The molecule has 0 spiro atoms. The van der Waals surface area contributed by atoms with Crippen LogP contribution in [0.15, 0.2) is 65.7 Å². The highest BCUT2D eigenvalue weighted by molar-refractivity contribution is 7.81. The van der Waals surface area contributed by atoms with Crippen molar-refractivity contribution >= 4 is 57.6 Å². The Morgan fingerprint density at radius 2 is 1.37 bits per heavy atom. The molecular formula is C28H18F6N6OS2. The van der Waals surface area contributed by atoms with Gasteiger partial charge in [-0.3, -0.25) is 4.90 Å². The number of nitrogens with zero attached hydrogens (tertiary/aromatic N) is 5. The van der Waals surface area contributed by atoms with E-state index in [-0.39, 0.29) is 33.2 Å². The van der Waals surface area contributed by atoms with Gasteiger partial charge >= 0.3 is 12.4 Å². The van der Waals surface area contributed by atoms with Gasteiger partial charge in [0.15, 0.2) is 10.2 Å². The molecule has 0 unspecified atom stereocenters. The molecule has 0 amide bonds. The summed E-state index contributed by atoms with van der Waals surface area (Å²) in [5.74, 6) is -0.0454. The van der Waals surface area contributed by atoms with Crippen LogP contribution < -0.4 is 15.1 Å². The minimum absolute atomic E-state index is 0.00518. The van der Waals surface area contributed by atoms with Crippen molar-refractivity contribution in [2.45, 2.75) is 31.7 Å². The van der Waals surface area contributed by atoms with Gasteiger partial charge in [-0.15, -0.1) is 0 Å². The van der Waals surface area contributed by atoms with Crippen molar-refractivity contribution in [3.05, 3.63) is 82.9 Å². The summed E-state index contributed by atoms with van der Waals surface area (Å²) in [5.41, 5.74) is -4.66. The Labute approximate surface area is 251 Å². The average Bonchev–Trinajstić information content (AvgIpc) is 3.11. The van der Waals surface area contributed by atoms with E-state index in [2.05, 4.69) is 10.3 Å². The highest BCUT2D eigenvalue weighted by Gasteiger charge is 2.49. The fraction of sp³-hybridized carbons (Fsp3) is 0.179. The predicted molar refractivity (Wildman–Crippen MR) is 156 cm³/mol. The zero-order valence-corrected chi connectivity index (χ0v) is 23.7. The van der Waals surface area contributed by atoms with Crippen LogP contribution in [0.5, 0.6) is 5.75 Å². The first-order chi connectivity index (χ1) is 20.0. The normalized spacial score (nSPS) is 15.8. The van der Waals surface area contributed by atoms with E-state index in [0.717, 1.165) is 18.2 Å². The molecule has 0 radical (unpaired) electrons. The van der Waals surface area contributed by atoms with Crippen molar-refractivity contribution in [1.29, 1.82) is 10.5 Å². The monoisotopic (exact) mass is 632 g/mol. The molecule has 15 heteroatoms. The lowest BCUT2D eigenvalue weighted by molar-refractivity contribution is -0.138. The molecule has 0 saturated carbocycles. The summed E-state index contributed by atoms with van der Waals surface area (Å²) < 4.78 is 82.0. The van der Waals surface area contributed by atoms with Crippen molar-refractivity contribution in [1.82, 2.24) is 0 Å². The van der Waals surface area contributed by atoms with E-state index in [1.165, 1.54) is 53.4 Å². The minimum Gasteiger partial charge on any atom is -0.508 e. The number of alkyl halides is 6. The fourth-order valence-corrected chi connectivity index (χ4v) is 5.19. The van der Waals surface area contributed by atoms with E-state index in [1.807, 2.05) is 0 Å². The molecule has 43 heavy (non-hydrogen) atoms. The molecule has 1 fully saturated rings. The Morgan fingerprint density at radius 1 is 0.860 bits per heavy atom. The zero-order valence-electron chi connectivity index (χ0n) is 22.0. The van der Waals surface area contributed by atoms with Crippen LogP contribution in [0, 0.1) is 22.7 Å². The number of nitriles is 2. The molecule has 7 nitrogen and oxygen atoms in total. The molecule has 1 aliphatic heterocycles. The Hall–Kier alpha value is -4.73. The summed E-state index contributed by atoms with van der Waals surface area (Å²) in [4.78, 5) is 7.15. The molecule has 0 atom stereocenters. The molecule has 3 aromatic carbocycles. The highest BCUT2D eigenvalue weighted by atomic mass is 32.1. The SMILES string of the molecule is CC1(C)C(=NC(=S)Nc2ccc(C#N)c(C(F)(F)F)c2)N(c2ccc(C#N)c(C(F)(F)F)c2)C(=S)N1c1ccc(O)cc1. The number of phenolic OH excluding ortho intramolecular Hbond substituents is 1. The number of nitrogens with one attached hydrogen (secondary N) is 1. The Kier molecular flexibility index (Phi) is 8.10. The number of aromatic hydroxyl groups is 1. The number of anilines is 3. The number of amidine groups is 1. The lowest BCUT2D eigenvalue weighted by Gasteiger charge is -2.31. The summed E-state index contributed by atoms with van der Waals surface area (Å²) in [6, 6.07) is 14.6. The summed E-state index contributed by atoms with van der Waals surface area (Å²) in [6.07, 6.45) is -9.71. The standard InChI is InChI=1S/C28H18F6N6OS2/c1-26(2)23(38-24(42)37-17-5-3-15(13-35)21(11-17)27(29,30)31)39(25(43)40(26)18-7-9-20(41)10-8-18)19-6-4-16(14-36)22(12-19)28(32,33)34/h3-12,41H,1-2H3,(H,37,42). The lowest BCUT2D eigenvalue weighted by Crippen LogP contribution is -2.45. The molecule has 4 rings (SSSR count). The Balaban J connectivity index is 1.85. The van der Waals surface area contributed by atoms with E-state index < -0.39 is 40.1 Å². The van der Waals surface area contributed by atoms with Crippen molar-refractivity contribution in [3.63, 3.8) is 0 Å². The molecule has 0 aliphatic carbocycles. The highest BCUT2D eigenvalue weighted by Crippen LogP contribution is 2.41. The second-order valence-corrected chi connectivity index (χ2v) is 10.4. The summed E-state index contributed by atoms with van der Waals surface area (Å²) in [7, 11) is 0. The molecule has 0 bridgehead atoms. The number of benzene rings is 3. The second-order valence-electron chi connectivity index (χ2n) is 9.60. The second kappa shape index (κ2) is 11.2. The van der Waals surface area contributed by atoms with Crippen molar-refractivity contribution in [3.8, 4) is 17.9 Å². The van der Waals surface area contributed by atoms with Crippen LogP contribution >= 0.6 is 24.4 Å². The maximum atomic E-state index is 13.9. The van der Waals surface area contributed by atoms with Gasteiger partial charge in [0.25, 0.3) is 0 Å². The zero-order chi connectivity index (χ0) is 31.9. The fourth-order valence-electron chi connectivity index (χ4n) is 4.46. The van der Waals surface area contributed by atoms with Gasteiger partial charge in [-0.05, 0) is 98.9 Å². The van der Waals surface area contributed by atoms with Crippen molar-refractivity contribution in [2.75, 3.05) is 15.1 Å². The number of rotatable bonds is 3. The van der Waals surface area contributed by atoms with E-state index in [0.29, 0.717) is 11.8 Å². The first-order valence-electron chi connectivity index (χ1n) is 12.0. The third kappa shape index (κ3) is 6.09. The first-order valence-corrected chi connectivity index (χ1v) is 12.9. The number of halogens is 6. The van der Waals surface area contributed by atoms with Crippen LogP contribution in [-0.2, 0) is 12.4 Å². The quantitative estimate of drug-likeness (QED) is 0.228. The van der Waals surface area contributed by atoms with E-state index in [9.17, 15) is 36.7 Å². The molecule has 220 valence electrons. The average molecular weight is 633 g/mol. The maximum Gasteiger partial charge on any atom is 0.417 e. The molecular weight excluding hydrogens is 614 g/mol. The van der Waals surface area contributed by atoms with Crippen LogP contribution in [0.2, 0.25) is 0 Å². The van der Waals surface area contributed by atoms with Crippen LogP contribution in [-0.4, -0.2) is 26.7 Å². The first kappa shape index (κ1) is 31.2. The van der Waals surface area contributed by atoms with Gasteiger partial charge in [0.05, 0.1) is 40.1 Å². The molecule has 1 heterocycles. The largest absolute Gasteiger partial charge is 0.508 e. The number of thiocarbonyl (C=S) groups is 2. The lowest BCUT2D eigenvalue weighted by atomic mass is 10.0. The van der Waals surface area contributed by atoms with Crippen molar-refractivity contribution < 1.29 is 31.4 Å². The maximum absolute atomic E-state index is 13.9. The van der Waals surface area contributed by atoms with Gasteiger partial charge in [-0.25, -0.2) is 4.99 Å². The molecule has 3 aromatic rings. The van der Waals surface area contributed by atoms with Crippen molar-refractivity contribution in [2.24, 2.45) is 4.99 Å². The van der Waals surface area contributed by atoms with Gasteiger partial charge in [-0.2, -0.15) is 36.9 Å². The summed E-state index contributed by atoms with van der Waals surface area (Å²) in [5, 5.41) is 30.2. The third-order valence-electron chi connectivity index (χ3n) is 6.40. The van der Waals surface area contributed by atoms with Crippen LogP contribution in [0.3, 0.4) is 0 Å². The van der Waals surface area contributed by atoms with E-state index in [4.69, 9.17) is 29.7 Å². The van der Waals surface area contributed by atoms with Crippen LogP contribution in [0.4, 0.5) is 43.4 Å². The van der Waals surface area contributed by atoms with Crippen LogP contribution in [0.25, 0.3) is 0 Å². The number of hydrogen-bond donors (Lipinski definition) is 2. The Bertz CT molecular complexity index is 1740. The van der Waals surface area contributed by atoms with Gasteiger partial charge in [0.1, 0.15) is 17.1 Å². The summed E-state index contributed by atoms with van der Waals surface area (Å²) >= 11 is 11.0. The molecule has 1 aliphatic rings.